The van der Waals surface area contributed by atoms with E-state index in [0.29, 0.717) is 6.54 Å². The predicted molar refractivity (Wildman–Crippen MR) is 120 cm³/mol. The van der Waals surface area contributed by atoms with Gasteiger partial charge in [-0.2, -0.15) is 0 Å². The van der Waals surface area contributed by atoms with Crippen molar-refractivity contribution in [3.8, 4) is 5.75 Å². The number of nitrogens with one attached hydrogen (secondary N) is 2. The molecule has 1 aliphatic heterocycles. The molecule has 4 rings (SSSR count). The molecule has 8 nitrogen and oxygen atoms in total. The van der Waals surface area contributed by atoms with E-state index in [-0.39, 0.29) is 47.6 Å². The van der Waals surface area contributed by atoms with E-state index in [2.05, 4.69) is 10.6 Å². The minimum Gasteiger partial charge on any atom is -0.548 e. The van der Waals surface area contributed by atoms with Gasteiger partial charge in [0.2, 0.25) is 11.8 Å². The Hall–Kier alpha value is -2.91. The van der Waals surface area contributed by atoms with Gasteiger partial charge < -0.3 is 25.2 Å². The number of benzene rings is 3. The maximum Gasteiger partial charge on any atom is 1.00 e. The zero-order valence-corrected chi connectivity index (χ0v) is 21.0. The number of phenolic OH excluding ortho intramolecular Hbond substituents is 1. The molecule has 0 aliphatic carbocycles. The average Bonchev–Trinajstić information content (AvgIpc) is 3.61. The van der Waals surface area contributed by atoms with Gasteiger partial charge in [-0.1, -0.05) is 54.6 Å². The van der Waals surface area contributed by atoms with Gasteiger partial charge in [-0.05, 0) is 34.0 Å². The molecule has 3 N–H and O–H groups in total. The van der Waals surface area contributed by atoms with Crippen molar-refractivity contribution in [2.45, 2.75) is 31.1 Å². The minimum atomic E-state index is -1.36. The number of hydrogen-bond donors (Lipinski definition) is 3. The topological polar surface area (TPSA) is 132 Å². The van der Waals surface area contributed by atoms with Gasteiger partial charge >= 0.3 is 29.6 Å². The Labute approximate surface area is 219 Å². The smallest absolute Gasteiger partial charge is 0.548 e. The summed E-state index contributed by atoms with van der Waals surface area (Å²) < 4.78 is 0. The van der Waals surface area contributed by atoms with E-state index in [4.69, 9.17) is 0 Å². The second kappa shape index (κ2) is 11.0. The van der Waals surface area contributed by atoms with Crippen LogP contribution in [0, 0.1) is 0 Å². The van der Waals surface area contributed by atoms with Gasteiger partial charge in [0, 0.05) is 20.0 Å². The molecule has 0 radical (unpaired) electrons. The molecular weight excluding hydrogens is 445 g/mol. The molecule has 3 aromatic carbocycles. The number of phenols is 1. The summed E-state index contributed by atoms with van der Waals surface area (Å²) in [5, 5.41) is 27.8. The minimum absolute atomic E-state index is 0. The van der Waals surface area contributed by atoms with Crippen molar-refractivity contribution in [2.75, 3.05) is 7.05 Å². The molecular formula is C25H24N3NaO5. The quantitative estimate of drug-likeness (QED) is 0.244. The third-order valence-electron chi connectivity index (χ3n) is 5.77. The summed E-state index contributed by atoms with van der Waals surface area (Å²) in [6.45, 7) is 0.339. The molecule has 1 saturated heterocycles. The maximum atomic E-state index is 13.4. The van der Waals surface area contributed by atoms with Crippen LogP contribution < -0.4 is 45.3 Å². The zero-order valence-electron chi connectivity index (χ0n) is 19.0. The van der Waals surface area contributed by atoms with Crippen molar-refractivity contribution in [3.05, 3.63) is 77.9 Å². The van der Waals surface area contributed by atoms with E-state index in [0.717, 1.165) is 21.9 Å². The van der Waals surface area contributed by atoms with Crippen molar-refractivity contribution >= 4 is 28.6 Å². The summed E-state index contributed by atoms with van der Waals surface area (Å²) in [4.78, 5) is 38.5. The fraction of sp³-hybridized carbons (Fsp3) is 0.240. The average molecular weight is 469 g/mol. The SMILES string of the molecule is CN(Cc1cccc2ccccc12)C(=O)[C@H](Cc1ccc(O)cc1)NC(=O)[C@H]1N[C@@H]1C(=O)[O-].[Na+]. The number of aliphatic carboxylic acids is 1. The maximum absolute atomic E-state index is 13.4. The normalized spacial score (nSPS) is 17.3. The van der Waals surface area contributed by atoms with E-state index < -0.39 is 30.0 Å². The molecule has 0 bridgehead atoms. The fourth-order valence-corrected chi connectivity index (χ4v) is 3.93. The van der Waals surface area contributed by atoms with Gasteiger partial charge in [0.05, 0.1) is 12.0 Å². The number of likely N-dealkylation sites (N-methyl/N-ethyl adjacent to an activating group) is 1. The van der Waals surface area contributed by atoms with E-state index in [9.17, 15) is 24.6 Å². The second-order valence-corrected chi connectivity index (χ2v) is 8.21. The first-order chi connectivity index (χ1) is 15.8. The van der Waals surface area contributed by atoms with Crippen LogP contribution >= 0.6 is 0 Å². The molecule has 1 aliphatic rings. The number of carbonyl (C=O) groups is 3. The van der Waals surface area contributed by atoms with Crippen LogP contribution in [0.4, 0.5) is 0 Å². The van der Waals surface area contributed by atoms with Crippen LogP contribution in [0.15, 0.2) is 66.7 Å². The number of fused-ring (bicyclic) bond motifs is 1. The van der Waals surface area contributed by atoms with Crippen molar-refractivity contribution < 1.29 is 54.2 Å². The Morgan fingerprint density at radius 2 is 1.71 bits per heavy atom. The van der Waals surface area contributed by atoms with Gasteiger partial charge in [0.15, 0.2) is 0 Å². The van der Waals surface area contributed by atoms with Gasteiger partial charge in [-0.15, -0.1) is 0 Å². The van der Waals surface area contributed by atoms with Gasteiger partial charge in [0.1, 0.15) is 17.8 Å². The van der Waals surface area contributed by atoms with E-state index in [1.165, 1.54) is 12.1 Å². The number of amides is 2. The first-order valence-corrected chi connectivity index (χ1v) is 10.6. The standard InChI is InChI=1S/C25H25N3O5.Na/c1-28(14-17-7-4-6-16-5-2-3-8-19(16)17)24(31)20(13-15-9-11-18(29)12-10-15)26-23(30)21-22(27-21)25(32)33;/h2-12,20-22,27,29H,13-14H2,1H3,(H,26,30)(H,32,33);/q;+1/p-1/t20-,21-,22-;/m0./s1. The molecule has 3 atom stereocenters. The van der Waals surface area contributed by atoms with Crippen LogP contribution in [0.25, 0.3) is 10.8 Å². The van der Waals surface area contributed by atoms with Crippen molar-refractivity contribution in [1.29, 1.82) is 0 Å². The second-order valence-electron chi connectivity index (χ2n) is 8.21. The molecule has 0 saturated carbocycles. The van der Waals surface area contributed by atoms with Gasteiger partial charge in [-0.3, -0.25) is 14.9 Å². The van der Waals surface area contributed by atoms with Crippen molar-refractivity contribution in [1.82, 2.24) is 15.5 Å². The number of carboxylic acids is 1. The summed E-state index contributed by atoms with van der Waals surface area (Å²) in [5.41, 5.74) is 1.71. The first kappa shape index (κ1) is 25.7. The number of hydrogen-bond acceptors (Lipinski definition) is 6. The molecule has 0 aromatic heterocycles. The Morgan fingerprint density at radius 1 is 1.03 bits per heavy atom. The zero-order chi connectivity index (χ0) is 23.5. The number of carbonyl (C=O) groups excluding carboxylic acids is 3. The van der Waals surface area contributed by atoms with E-state index in [1.54, 1.807) is 24.1 Å². The number of nitrogens with zero attached hydrogens (tertiary/aromatic N) is 1. The summed E-state index contributed by atoms with van der Waals surface area (Å²) in [5.74, 6) is -2.14. The molecule has 1 fully saturated rings. The largest absolute Gasteiger partial charge is 1.00 e. The van der Waals surface area contributed by atoms with Crippen LogP contribution in [-0.4, -0.2) is 53.0 Å². The van der Waals surface area contributed by atoms with Crippen LogP contribution in [0.1, 0.15) is 11.1 Å². The molecule has 9 heteroatoms. The van der Waals surface area contributed by atoms with Crippen LogP contribution in [-0.2, 0) is 27.3 Å². The fourth-order valence-electron chi connectivity index (χ4n) is 3.93. The first-order valence-electron chi connectivity index (χ1n) is 10.6. The number of carboxylic acid groups (broad SMARTS) is 1. The Kier molecular flexibility index (Phi) is 8.33. The van der Waals surface area contributed by atoms with E-state index in [1.807, 2.05) is 42.5 Å². The number of rotatable bonds is 8. The molecule has 34 heavy (non-hydrogen) atoms. The van der Waals surface area contributed by atoms with Crippen LogP contribution in [0.3, 0.4) is 0 Å². The van der Waals surface area contributed by atoms with Crippen molar-refractivity contribution in [2.24, 2.45) is 0 Å². The summed E-state index contributed by atoms with van der Waals surface area (Å²) in [6.07, 6.45) is 0.188. The molecule has 2 amide bonds. The Bertz CT molecular complexity index is 1200. The van der Waals surface area contributed by atoms with Gasteiger partial charge in [0.25, 0.3) is 0 Å². The molecule has 1 heterocycles. The Balaban J connectivity index is 0.00000324. The molecule has 3 aromatic rings. The van der Waals surface area contributed by atoms with Crippen molar-refractivity contribution in [3.63, 3.8) is 0 Å². The van der Waals surface area contributed by atoms with Crippen LogP contribution in [0.5, 0.6) is 5.75 Å². The van der Waals surface area contributed by atoms with Crippen LogP contribution in [0.2, 0.25) is 0 Å². The molecule has 0 unspecified atom stereocenters. The third kappa shape index (κ3) is 5.95. The molecule has 0 spiro atoms. The van der Waals surface area contributed by atoms with E-state index >= 15 is 0 Å². The summed E-state index contributed by atoms with van der Waals surface area (Å²) in [7, 11) is 1.67. The predicted octanol–water partition coefficient (Wildman–Crippen LogP) is -2.67. The monoisotopic (exact) mass is 469 g/mol. The molecule has 170 valence electrons. The summed E-state index contributed by atoms with van der Waals surface area (Å²) >= 11 is 0. The Morgan fingerprint density at radius 3 is 2.38 bits per heavy atom. The third-order valence-corrected chi connectivity index (χ3v) is 5.77. The number of aromatic hydroxyl groups is 1. The van der Waals surface area contributed by atoms with Gasteiger partial charge in [-0.25, -0.2) is 0 Å². The summed E-state index contributed by atoms with van der Waals surface area (Å²) in [6, 6.07) is 17.3.